The number of nitrogens with zero attached hydrogens (tertiary/aromatic N) is 3. The first-order valence-corrected chi connectivity index (χ1v) is 8.09. The van der Waals surface area contributed by atoms with E-state index in [0.29, 0.717) is 11.6 Å². The Kier molecular flexibility index (Phi) is 4.55. The van der Waals surface area contributed by atoms with Gasteiger partial charge in [-0.15, -0.1) is 0 Å². The van der Waals surface area contributed by atoms with Crippen LogP contribution in [-0.2, 0) is 0 Å². The molecular formula is C18H22N4O. The molecule has 0 spiro atoms. The maximum Gasteiger partial charge on any atom is 0.274 e. The summed E-state index contributed by atoms with van der Waals surface area (Å²) in [5.74, 6) is 1.21. The normalized spacial score (nSPS) is 15.5. The van der Waals surface area contributed by atoms with Crippen molar-refractivity contribution in [1.29, 1.82) is 0 Å². The average Bonchev–Trinajstić information content (AvgIpc) is 2.56. The zero-order valence-electron chi connectivity index (χ0n) is 13.6. The van der Waals surface area contributed by atoms with Crippen LogP contribution in [0.4, 0.5) is 11.6 Å². The van der Waals surface area contributed by atoms with Crippen molar-refractivity contribution in [3.05, 3.63) is 47.8 Å². The zero-order chi connectivity index (χ0) is 16.2. The van der Waals surface area contributed by atoms with Crippen LogP contribution < -0.4 is 10.2 Å². The van der Waals surface area contributed by atoms with Crippen molar-refractivity contribution in [2.24, 2.45) is 5.92 Å². The largest absolute Gasteiger partial charge is 0.341 e. The molecule has 1 aromatic heterocycles. The second-order valence-corrected chi connectivity index (χ2v) is 6.18. The number of para-hydroxylation sites is 1. The lowest BCUT2D eigenvalue weighted by Crippen LogP contribution is -2.34. The van der Waals surface area contributed by atoms with Crippen LogP contribution in [0.3, 0.4) is 0 Å². The maximum atomic E-state index is 12.4. The number of rotatable bonds is 3. The molecule has 2 heterocycles. The number of carbonyl (C=O) groups excluding carboxylic acids is 1. The molecule has 5 heteroatoms. The Hall–Kier alpha value is -2.43. The van der Waals surface area contributed by atoms with Gasteiger partial charge in [0, 0.05) is 24.5 Å². The third-order valence-electron chi connectivity index (χ3n) is 4.17. The quantitative estimate of drug-likeness (QED) is 0.945. The van der Waals surface area contributed by atoms with Crippen molar-refractivity contribution in [3.8, 4) is 0 Å². The lowest BCUT2D eigenvalue weighted by Gasteiger charge is -2.30. The van der Waals surface area contributed by atoms with Gasteiger partial charge < -0.3 is 10.2 Å². The molecule has 1 saturated heterocycles. The summed E-state index contributed by atoms with van der Waals surface area (Å²) >= 11 is 0. The van der Waals surface area contributed by atoms with Gasteiger partial charge in [0.1, 0.15) is 5.69 Å². The highest BCUT2D eigenvalue weighted by Gasteiger charge is 2.20. The average molecular weight is 310 g/mol. The SMILES string of the molecule is Cc1cc(C(=O)Nc2ccccc2)nc(N2CCC(C)CC2)n1. The Labute approximate surface area is 136 Å². The minimum Gasteiger partial charge on any atom is -0.341 e. The summed E-state index contributed by atoms with van der Waals surface area (Å²) in [4.78, 5) is 23.6. The first-order chi connectivity index (χ1) is 11.1. The van der Waals surface area contributed by atoms with Crippen molar-refractivity contribution in [1.82, 2.24) is 9.97 Å². The minimum atomic E-state index is -0.201. The van der Waals surface area contributed by atoms with E-state index in [4.69, 9.17) is 0 Å². The molecule has 1 fully saturated rings. The van der Waals surface area contributed by atoms with E-state index in [1.54, 1.807) is 6.07 Å². The Morgan fingerprint density at radius 2 is 1.87 bits per heavy atom. The highest BCUT2D eigenvalue weighted by molar-refractivity contribution is 6.03. The molecule has 0 atom stereocenters. The van der Waals surface area contributed by atoms with Crippen molar-refractivity contribution in [2.45, 2.75) is 26.7 Å². The molecule has 0 saturated carbocycles. The number of amides is 1. The fraction of sp³-hybridized carbons (Fsp3) is 0.389. The highest BCUT2D eigenvalue weighted by Crippen LogP contribution is 2.21. The van der Waals surface area contributed by atoms with Crippen LogP contribution in [0.15, 0.2) is 36.4 Å². The van der Waals surface area contributed by atoms with E-state index in [9.17, 15) is 4.79 Å². The molecule has 120 valence electrons. The topological polar surface area (TPSA) is 58.1 Å². The predicted octanol–water partition coefficient (Wildman–Crippen LogP) is 3.27. The van der Waals surface area contributed by atoms with Crippen LogP contribution in [-0.4, -0.2) is 29.0 Å². The molecule has 1 N–H and O–H groups in total. The number of piperidine rings is 1. The number of aryl methyl sites for hydroxylation is 1. The van der Waals surface area contributed by atoms with Gasteiger partial charge in [0.2, 0.25) is 5.95 Å². The number of nitrogens with one attached hydrogen (secondary N) is 1. The Balaban J connectivity index is 1.78. The van der Waals surface area contributed by atoms with Crippen LogP contribution in [0.5, 0.6) is 0 Å². The second-order valence-electron chi connectivity index (χ2n) is 6.18. The predicted molar refractivity (Wildman–Crippen MR) is 91.8 cm³/mol. The number of hydrogen-bond donors (Lipinski definition) is 1. The number of carbonyl (C=O) groups is 1. The summed E-state index contributed by atoms with van der Waals surface area (Å²) in [5, 5.41) is 2.87. The van der Waals surface area contributed by atoms with Gasteiger partial charge in [-0.3, -0.25) is 4.79 Å². The van der Waals surface area contributed by atoms with Crippen LogP contribution in [0.2, 0.25) is 0 Å². The van der Waals surface area contributed by atoms with Gasteiger partial charge in [0.15, 0.2) is 0 Å². The van der Waals surface area contributed by atoms with Crippen LogP contribution in [0, 0.1) is 12.8 Å². The summed E-state index contributed by atoms with van der Waals surface area (Å²) < 4.78 is 0. The second kappa shape index (κ2) is 6.77. The van der Waals surface area contributed by atoms with Gasteiger partial charge in [0.05, 0.1) is 0 Å². The molecule has 5 nitrogen and oxygen atoms in total. The summed E-state index contributed by atoms with van der Waals surface area (Å²) in [6.07, 6.45) is 2.28. The number of hydrogen-bond acceptors (Lipinski definition) is 4. The van der Waals surface area contributed by atoms with Crippen molar-refractivity contribution in [2.75, 3.05) is 23.3 Å². The lowest BCUT2D eigenvalue weighted by atomic mass is 10.00. The monoisotopic (exact) mass is 310 g/mol. The van der Waals surface area contributed by atoms with E-state index < -0.39 is 0 Å². The smallest absolute Gasteiger partial charge is 0.274 e. The van der Waals surface area contributed by atoms with E-state index in [-0.39, 0.29) is 5.91 Å². The molecule has 0 bridgehead atoms. The zero-order valence-corrected chi connectivity index (χ0v) is 13.6. The van der Waals surface area contributed by atoms with Gasteiger partial charge in [-0.25, -0.2) is 9.97 Å². The molecule has 23 heavy (non-hydrogen) atoms. The Morgan fingerprint density at radius 1 is 1.17 bits per heavy atom. The molecule has 0 radical (unpaired) electrons. The number of benzene rings is 1. The summed E-state index contributed by atoms with van der Waals surface area (Å²) in [5.41, 5.74) is 1.99. The molecule has 1 aliphatic heterocycles. The fourth-order valence-electron chi connectivity index (χ4n) is 2.74. The molecule has 0 aliphatic carbocycles. The van der Waals surface area contributed by atoms with Crippen molar-refractivity contribution in [3.63, 3.8) is 0 Å². The highest BCUT2D eigenvalue weighted by atomic mass is 16.1. The molecule has 1 amide bonds. The van der Waals surface area contributed by atoms with E-state index in [2.05, 4.69) is 27.1 Å². The van der Waals surface area contributed by atoms with Gasteiger partial charge in [-0.2, -0.15) is 0 Å². The summed E-state index contributed by atoms with van der Waals surface area (Å²) in [6, 6.07) is 11.1. The summed E-state index contributed by atoms with van der Waals surface area (Å²) in [6.45, 7) is 6.07. The van der Waals surface area contributed by atoms with Gasteiger partial charge in [0.25, 0.3) is 5.91 Å². The van der Waals surface area contributed by atoms with Crippen LogP contribution in [0.25, 0.3) is 0 Å². The molecule has 1 aliphatic rings. The third kappa shape index (κ3) is 3.86. The number of aromatic nitrogens is 2. The number of anilines is 2. The molecular weight excluding hydrogens is 288 g/mol. The standard InChI is InChI=1S/C18H22N4O/c1-13-8-10-22(11-9-13)18-19-14(2)12-16(21-18)17(23)20-15-6-4-3-5-7-15/h3-7,12-13H,8-11H2,1-2H3,(H,20,23). The summed E-state index contributed by atoms with van der Waals surface area (Å²) in [7, 11) is 0. The minimum absolute atomic E-state index is 0.201. The van der Waals surface area contributed by atoms with Crippen molar-refractivity contribution < 1.29 is 4.79 Å². The van der Waals surface area contributed by atoms with Crippen molar-refractivity contribution >= 4 is 17.5 Å². The first-order valence-electron chi connectivity index (χ1n) is 8.09. The van der Waals surface area contributed by atoms with E-state index >= 15 is 0 Å². The maximum absolute atomic E-state index is 12.4. The van der Waals surface area contributed by atoms with Crippen LogP contribution in [0.1, 0.15) is 35.9 Å². The van der Waals surface area contributed by atoms with Gasteiger partial charge >= 0.3 is 0 Å². The Bertz CT molecular complexity index is 679. The Morgan fingerprint density at radius 3 is 2.57 bits per heavy atom. The molecule has 0 unspecified atom stereocenters. The molecule has 1 aromatic carbocycles. The first kappa shape index (κ1) is 15.5. The third-order valence-corrected chi connectivity index (χ3v) is 4.17. The van der Waals surface area contributed by atoms with E-state index in [1.807, 2.05) is 37.3 Å². The van der Waals surface area contributed by atoms with E-state index in [1.165, 1.54) is 0 Å². The lowest BCUT2D eigenvalue weighted by molar-refractivity contribution is 0.102. The molecule has 3 rings (SSSR count). The van der Waals surface area contributed by atoms with Gasteiger partial charge in [-0.1, -0.05) is 25.1 Å². The van der Waals surface area contributed by atoms with Gasteiger partial charge in [-0.05, 0) is 43.9 Å². The van der Waals surface area contributed by atoms with Crippen LogP contribution >= 0.6 is 0 Å². The van der Waals surface area contributed by atoms with E-state index in [0.717, 1.165) is 43.2 Å². The molecule has 2 aromatic rings. The fourth-order valence-corrected chi connectivity index (χ4v) is 2.74.